The lowest BCUT2D eigenvalue weighted by atomic mass is 10.1. The van der Waals surface area contributed by atoms with E-state index >= 15 is 0 Å². The van der Waals surface area contributed by atoms with Crippen LogP contribution >= 0.6 is 0 Å². The summed E-state index contributed by atoms with van der Waals surface area (Å²) in [4.78, 5) is 0. The maximum absolute atomic E-state index is 9.47. The standard InChI is InChI=1S/C12H18O.C6H6/c1-2-3-4-5-8-11-9-6-7-10-12(11)13;1-2-4-6-5-3-1/h6-7,9-10,13H,2-5,8H2,1H3;1-6H. The molecule has 102 valence electrons. The molecule has 19 heavy (non-hydrogen) atoms. The second-order valence-electron chi connectivity index (χ2n) is 4.59. The van der Waals surface area contributed by atoms with Gasteiger partial charge in [-0.25, -0.2) is 0 Å². The second kappa shape index (κ2) is 10.2. The largest absolute Gasteiger partial charge is 0.508 e. The molecule has 1 nitrogen and oxygen atoms in total. The number of phenols is 1. The molecule has 0 amide bonds. The summed E-state index contributed by atoms with van der Waals surface area (Å²) in [5.74, 6) is 0.444. The van der Waals surface area contributed by atoms with E-state index in [4.69, 9.17) is 0 Å². The molecule has 2 aromatic carbocycles. The Morgan fingerprint density at radius 3 is 1.84 bits per heavy atom. The highest BCUT2D eigenvalue weighted by atomic mass is 16.3. The van der Waals surface area contributed by atoms with Crippen LogP contribution in [0.5, 0.6) is 5.75 Å². The molecule has 0 saturated heterocycles. The van der Waals surface area contributed by atoms with Crippen molar-refractivity contribution in [2.24, 2.45) is 0 Å². The summed E-state index contributed by atoms with van der Waals surface area (Å²) in [7, 11) is 0. The van der Waals surface area contributed by atoms with Gasteiger partial charge in [-0.2, -0.15) is 0 Å². The van der Waals surface area contributed by atoms with E-state index in [1.165, 1.54) is 25.7 Å². The number of unbranched alkanes of at least 4 members (excludes halogenated alkanes) is 3. The molecule has 0 atom stereocenters. The number of phenolic OH excluding ortho intramolecular Hbond substituents is 1. The van der Waals surface area contributed by atoms with Gasteiger partial charge in [0.1, 0.15) is 5.75 Å². The first kappa shape index (κ1) is 15.3. The van der Waals surface area contributed by atoms with Gasteiger partial charge in [0.05, 0.1) is 0 Å². The lowest BCUT2D eigenvalue weighted by Crippen LogP contribution is -1.86. The van der Waals surface area contributed by atoms with Gasteiger partial charge in [-0.3, -0.25) is 0 Å². The fraction of sp³-hybridized carbons (Fsp3) is 0.333. The van der Waals surface area contributed by atoms with Crippen LogP contribution in [0.1, 0.15) is 38.2 Å². The zero-order chi connectivity index (χ0) is 13.8. The van der Waals surface area contributed by atoms with Crippen molar-refractivity contribution >= 4 is 0 Å². The summed E-state index contributed by atoms with van der Waals surface area (Å²) < 4.78 is 0. The smallest absolute Gasteiger partial charge is 0.118 e. The van der Waals surface area contributed by atoms with E-state index in [0.717, 1.165) is 12.0 Å². The summed E-state index contributed by atoms with van der Waals surface area (Å²) in [5, 5.41) is 9.47. The van der Waals surface area contributed by atoms with Crippen LogP contribution in [-0.4, -0.2) is 5.11 Å². The highest BCUT2D eigenvalue weighted by molar-refractivity contribution is 5.31. The summed E-state index contributed by atoms with van der Waals surface area (Å²) in [6.07, 6.45) is 6.03. The second-order valence-corrected chi connectivity index (χ2v) is 4.59. The topological polar surface area (TPSA) is 20.2 Å². The number of benzene rings is 2. The zero-order valence-corrected chi connectivity index (χ0v) is 11.8. The third-order valence-corrected chi connectivity index (χ3v) is 2.96. The normalized spacial score (nSPS) is 9.53. The molecule has 0 saturated carbocycles. The Bertz CT molecular complexity index is 396. The molecule has 1 heteroatoms. The van der Waals surface area contributed by atoms with E-state index in [9.17, 15) is 5.11 Å². The predicted molar refractivity (Wildman–Crippen MR) is 82.4 cm³/mol. The average molecular weight is 256 g/mol. The maximum Gasteiger partial charge on any atom is 0.118 e. The number of hydrogen-bond acceptors (Lipinski definition) is 1. The van der Waals surface area contributed by atoms with Crippen LogP contribution in [0.25, 0.3) is 0 Å². The van der Waals surface area contributed by atoms with Crippen LogP contribution in [0.2, 0.25) is 0 Å². The van der Waals surface area contributed by atoms with Gasteiger partial charge in [-0.1, -0.05) is 80.8 Å². The Kier molecular flexibility index (Phi) is 8.20. The van der Waals surface area contributed by atoms with E-state index in [2.05, 4.69) is 6.92 Å². The van der Waals surface area contributed by atoms with Crippen molar-refractivity contribution in [3.05, 3.63) is 66.2 Å². The minimum atomic E-state index is 0.444. The average Bonchev–Trinajstić information content (AvgIpc) is 2.48. The van der Waals surface area contributed by atoms with Crippen molar-refractivity contribution in [1.29, 1.82) is 0 Å². The number of rotatable bonds is 5. The highest BCUT2D eigenvalue weighted by Gasteiger charge is 1.98. The monoisotopic (exact) mass is 256 g/mol. The Balaban J connectivity index is 0.000000250. The Hall–Kier alpha value is -1.76. The quantitative estimate of drug-likeness (QED) is 0.729. The van der Waals surface area contributed by atoms with E-state index < -0.39 is 0 Å². The van der Waals surface area contributed by atoms with Crippen LogP contribution in [0, 0.1) is 0 Å². The van der Waals surface area contributed by atoms with E-state index in [1.807, 2.05) is 54.6 Å². The molecule has 0 aromatic heterocycles. The molecule has 0 aliphatic heterocycles. The van der Waals surface area contributed by atoms with E-state index in [-0.39, 0.29) is 0 Å². The molecular weight excluding hydrogens is 232 g/mol. The fourth-order valence-corrected chi connectivity index (χ4v) is 1.85. The Morgan fingerprint density at radius 2 is 1.32 bits per heavy atom. The molecule has 1 N–H and O–H groups in total. The van der Waals surface area contributed by atoms with Crippen molar-refractivity contribution in [2.45, 2.75) is 39.0 Å². The fourth-order valence-electron chi connectivity index (χ4n) is 1.85. The van der Waals surface area contributed by atoms with Gasteiger partial charge in [0.15, 0.2) is 0 Å². The summed E-state index contributed by atoms with van der Waals surface area (Å²) in [6.45, 7) is 2.21. The lowest BCUT2D eigenvalue weighted by Gasteiger charge is -2.03. The molecule has 2 rings (SSSR count). The number of hydrogen-bond donors (Lipinski definition) is 1. The SMILES string of the molecule is CCCCCCc1ccccc1O.c1ccccc1. The molecule has 0 bridgehead atoms. The first-order chi connectivity index (χ1) is 9.34. The van der Waals surface area contributed by atoms with Gasteiger partial charge in [0, 0.05) is 0 Å². The van der Waals surface area contributed by atoms with E-state index in [0.29, 0.717) is 5.75 Å². The van der Waals surface area contributed by atoms with Crippen LogP contribution in [0.15, 0.2) is 60.7 Å². The summed E-state index contributed by atoms with van der Waals surface area (Å²) >= 11 is 0. The van der Waals surface area contributed by atoms with Crippen molar-refractivity contribution < 1.29 is 5.11 Å². The molecule has 0 spiro atoms. The molecule has 0 radical (unpaired) electrons. The molecule has 0 unspecified atom stereocenters. The Labute approximate surface area is 116 Å². The number of aryl methyl sites for hydroxylation is 1. The van der Waals surface area contributed by atoms with Crippen molar-refractivity contribution in [3.8, 4) is 5.75 Å². The van der Waals surface area contributed by atoms with Gasteiger partial charge < -0.3 is 5.11 Å². The molecule has 0 aliphatic carbocycles. The maximum atomic E-state index is 9.47. The first-order valence-electron chi connectivity index (χ1n) is 7.11. The van der Waals surface area contributed by atoms with Crippen LogP contribution in [0.4, 0.5) is 0 Å². The van der Waals surface area contributed by atoms with Crippen LogP contribution in [-0.2, 0) is 6.42 Å². The molecular formula is C18H24O. The van der Waals surface area contributed by atoms with E-state index in [1.54, 1.807) is 6.07 Å². The third-order valence-electron chi connectivity index (χ3n) is 2.96. The highest BCUT2D eigenvalue weighted by Crippen LogP contribution is 2.18. The van der Waals surface area contributed by atoms with Gasteiger partial charge in [-0.05, 0) is 24.5 Å². The van der Waals surface area contributed by atoms with Gasteiger partial charge in [0.2, 0.25) is 0 Å². The Morgan fingerprint density at radius 1 is 0.737 bits per heavy atom. The van der Waals surface area contributed by atoms with Gasteiger partial charge in [0.25, 0.3) is 0 Å². The third kappa shape index (κ3) is 7.30. The molecule has 0 aliphatic rings. The van der Waals surface area contributed by atoms with Gasteiger partial charge in [-0.15, -0.1) is 0 Å². The molecule has 0 heterocycles. The molecule has 0 fully saturated rings. The van der Waals surface area contributed by atoms with Crippen molar-refractivity contribution in [3.63, 3.8) is 0 Å². The molecule has 2 aromatic rings. The first-order valence-corrected chi connectivity index (χ1v) is 7.11. The van der Waals surface area contributed by atoms with Crippen molar-refractivity contribution in [1.82, 2.24) is 0 Å². The van der Waals surface area contributed by atoms with Crippen molar-refractivity contribution in [2.75, 3.05) is 0 Å². The lowest BCUT2D eigenvalue weighted by molar-refractivity contribution is 0.466. The predicted octanol–water partition coefficient (Wildman–Crippen LogP) is 5.20. The van der Waals surface area contributed by atoms with Crippen LogP contribution < -0.4 is 0 Å². The summed E-state index contributed by atoms with van der Waals surface area (Å²) in [5.41, 5.74) is 1.08. The van der Waals surface area contributed by atoms with Crippen LogP contribution in [0.3, 0.4) is 0 Å². The zero-order valence-electron chi connectivity index (χ0n) is 11.8. The summed E-state index contributed by atoms with van der Waals surface area (Å²) in [6, 6.07) is 19.6. The van der Waals surface area contributed by atoms with Gasteiger partial charge >= 0.3 is 0 Å². The minimum absolute atomic E-state index is 0.444. The number of para-hydroxylation sites is 1. The minimum Gasteiger partial charge on any atom is -0.508 e. The number of aromatic hydroxyl groups is 1.